The second-order valence-corrected chi connectivity index (χ2v) is 3.86. The third-order valence-electron chi connectivity index (χ3n) is 2.91. The third kappa shape index (κ3) is 1.85. The highest BCUT2D eigenvalue weighted by Crippen LogP contribution is 2.31. The van der Waals surface area contributed by atoms with Crippen LogP contribution in [-0.4, -0.2) is 6.54 Å². The van der Waals surface area contributed by atoms with Gasteiger partial charge in [-0.1, -0.05) is 36.4 Å². The van der Waals surface area contributed by atoms with E-state index >= 15 is 0 Å². The van der Waals surface area contributed by atoms with Gasteiger partial charge in [-0.3, -0.25) is 0 Å². The van der Waals surface area contributed by atoms with Crippen LogP contribution in [0.3, 0.4) is 0 Å². The summed E-state index contributed by atoms with van der Waals surface area (Å²) in [6.45, 7) is 0.497. The Hall–Kier alpha value is -1.41. The molecule has 0 aliphatic heterocycles. The minimum atomic E-state index is -0.225. The van der Waals surface area contributed by atoms with Crippen LogP contribution in [0.25, 0.3) is 0 Å². The fraction of sp³-hybridized carbons (Fsp3) is 0.231. The zero-order chi connectivity index (χ0) is 10.7. The Kier molecular flexibility index (Phi) is 2.69. The van der Waals surface area contributed by atoms with E-state index in [0.717, 1.165) is 12.0 Å². The van der Waals surface area contributed by atoms with E-state index in [2.05, 4.69) is 12.2 Å². The summed E-state index contributed by atoms with van der Waals surface area (Å²) in [7, 11) is 0. The highest BCUT2D eigenvalue weighted by atomic mass is 19.1. The molecule has 1 atom stereocenters. The molecule has 0 spiro atoms. The maximum Gasteiger partial charge on any atom is 0.123 e. The van der Waals surface area contributed by atoms with Crippen molar-refractivity contribution in [1.29, 1.82) is 0 Å². The molecule has 15 heavy (non-hydrogen) atoms. The molecule has 2 rings (SSSR count). The zero-order valence-corrected chi connectivity index (χ0v) is 8.49. The lowest BCUT2D eigenvalue weighted by molar-refractivity contribution is 0.541. The summed E-state index contributed by atoms with van der Waals surface area (Å²) >= 11 is 0. The standard InChI is InChI=1S/C13H14FN/c14-12-6-4-5-11(9-12)13(10-15)7-2-1-3-8-13/h1-7,9H,8,10,15H2. The fourth-order valence-corrected chi connectivity index (χ4v) is 1.95. The van der Waals surface area contributed by atoms with Gasteiger partial charge in [0.1, 0.15) is 5.82 Å². The van der Waals surface area contributed by atoms with Gasteiger partial charge in [0.2, 0.25) is 0 Å². The van der Waals surface area contributed by atoms with E-state index in [1.807, 2.05) is 18.2 Å². The first-order valence-corrected chi connectivity index (χ1v) is 5.07. The number of rotatable bonds is 2. The van der Waals surface area contributed by atoms with Crippen LogP contribution in [0.4, 0.5) is 4.39 Å². The van der Waals surface area contributed by atoms with Gasteiger partial charge in [0.15, 0.2) is 0 Å². The van der Waals surface area contributed by atoms with Crippen molar-refractivity contribution >= 4 is 0 Å². The van der Waals surface area contributed by atoms with Gasteiger partial charge >= 0.3 is 0 Å². The van der Waals surface area contributed by atoms with Crippen LogP contribution in [0.1, 0.15) is 12.0 Å². The quantitative estimate of drug-likeness (QED) is 0.785. The van der Waals surface area contributed by atoms with Crippen molar-refractivity contribution < 1.29 is 4.39 Å². The summed E-state index contributed by atoms with van der Waals surface area (Å²) in [6.07, 6.45) is 8.93. The van der Waals surface area contributed by atoms with Crippen molar-refractivity contribution in [2.75, 3.05) is 6.54 Å². The smallest absolute Gasteiger partial charge is 0.123 e. The van der Waals surface area contributed by atoms with Crippen LogP contribution < -0.4 is 5.73 Å². The van der Waals surface area contributed by atoms with Gasteiger partial charge in [-0.05, 0) is 24.1 Å². The molecule has 0 fully saturated rings. The number of nitrogens with two attached hydrogens (primary N) is 1. The van der Waals surface area contributed by atoms with E-state index in [9.17, 15) is 4.39 Å². The maximum absolute atomic E-state index is 13.1. The lowest BCUT2D eigenvalue weighted by Crippen LogP contribution is -2.33. The molecular weight excluding hydrogens is 189 g/mol. The minimum Gasteiger partial charge on any atom is -0.329 e. The van der Waals surface area contributed by atoms with Gasteiger partial charge < -0.3 is 5.73 Å². The molecular formula is C13H14FN. The van der Waals surface area contributed by atoms with E-state index in [-0.39, 0.29) is 11.2 Å². The second kappa shape index (κ2) is 3.99. The molecule has 1 aliphatic carbocycles. The Labute approximate surface area is 89.1 Å². The molecule has 0 radical (unpaired) electrons. The van der Waals surface area contributed by atoms with Gasteiger partial charge in [0.05, 0.1) is 0 Å². The topological polar surface area (TPSA) is 26.0 Å². The Balaban J connectivity index is 2.42. The molecule has 0 saturated carbocycles. The van der Waals surface area contributed by atoms with Crippen LogP contribution in [0, 0.1) is 5.82 Å². The predicted octanol–water partition coefficient (Wildman–Crippen LogP) is 2.54. The zero-order valence-electron chi connectivity index (χ0n) is 8.49. The van der Waals surface area contributed by atoms with Gasteiger partial charge in [-0.2, -0.15) is 0 Å². The maximum atomic E-state index is 13.1. The highest BCUT2D eigenvalue weighted by Gasteiger charge is 2.27. The molecule has 78 valence electrons. The molecule has 1 aromatic carbocycles. The highest BCUT2D eigenvalue weighted by molar-refractivity contribution is 5.36. The SMILES string of the molecule is NCC1(c2cccc(F)c2)C=CC=CC1. The van der Waals surface area contributed by atoms with Gasteiger partial charge in [0.25, 0.3) is 0 Å². The van der Waals surface area contributed by atoms with Crippen LogP contribution in [0.5, 0.6) is 0 Å². The lowest BCUT2D eigenvalue weighted by Gasteiger charge is -2.30. The number of benzene rings is 1. The van der Waals surface area contributed by atoms with Crippen LogP contribution in [0.15, 0.2) is 48.6 Å². The average molecular weight is 203 g/mol. The number of hydrogen-bond donors (Lipinski definition) is 1. The van der Waals surface area contributed by atoms with Gasteiger partial charge in [0, 0.05) is 12.0 Å². The summed E-state index contributed by atoms with van der Waals surface area (Å²) in [5.74, 6) is -0.205. The minimum absolute atomic E-state index is 0.205. The van der Waals surface area contributed by atoms with Crippen molar-refractivity contribution in [3.63, 3.8) is 0 Å². The first kappa shape index (κ1) is 10.1. The molecule has 1 aliphatic rings. The molecule has 2 N–H and O–H groups in total. The second-order valence-electron chi connectivity index (χ2n) is 3.86. The summed E-state index contributed by atoms with van der Waals surface area (Å²) in [5.41, 5.74) is 6.54. The largest absolute Gasteiger partial charge is 0.329 e. The van der Waals surface area contributed by atoms with Gasteiger partial charge in [-0.25, -0.2) is 4.39 Å². The molecule has 0 heterocycles. The molecule has 0 saturated heterocycles. The lowest BCUT2D eigenvalue weighted by atomic mass is 9.75. The van der Waals surface area contributed by atoms with Crippen molar-refractivity contribution in [2.24, 2.45) is 5.73 Å². The Bertz CT molecular complexity index is 409. The molecule has 0 aromatic heterocycles. The first-order chi connectivity index (χ1) is 7.27. The Morgan fingerprint density at radius 2 is 2.20 bits per heavy atom. The third-order valence-corrected chi connectivity index (χ3v) is 2.91. The molecule has 0 bridgehead atoms. The van der Waals surface area contributed by atoms with Crippen molar-refractivity contribution in [1.82, 2.24) is 0 Å². The predicted molar refractivity (Wildman–Crippen MR) is 60.0 cm³/mol. The first-order valence-electron chi connectivity index (χ1n) is 5.07. The molecule has 0 amide bonds. The van der Waals surface area contributed by atoms with E-state index < -0.39 is 0 Å². The van der Waals surface area contributed by atoms with Gasteiger partial charge in [-0.15, -0.1) is 0 Å². The van der Waals surface area contributed by atoms with Crippen molar-refractivity contribution in [3.05, 3.63) is 60.0 Å². The molecule has 2 heteroatoms. The summed E-state index contributed by atoms with van der Waals surface area (Å²) in [6, 6.07) is 6.68. The summed E-state index contributed by atoms with van der Waals surface area (Å²) < 4.78 is 13.1. The number of hydrogen-bond acceptors (Lipinski definition) is 1. The average Bonchev–Trinajstić information content (AvgIpc) is 2.30. The molecule has 1 aromatic rings. The van der Waals surface area contributed by atoms with Crippen LogP contribution in [-0.2, 0) is 5.41 Å². The van der Waals surface area contributed by atoms with E-state index in [1.165, 1.54) is 6.07 Å². The van der Waals surface area contributed by atoms with E-state index in [4.69, 9.17) is 5.73 Å². The van der Waals surface area contributed by atoms with Crippen LogP contribution >= 0.6 is 0 Å². The monoisotopic (exact) mass is 203 g/mol. The normalized spacial score (nSPS) is 24.4. The van der Waals surface area contributed by atoms with Crippen molar-refractivity contribution in [3.8, 4) is 0 Å². The van der Waals surface area contributed by atoms with Crippen molar-refractivity contribution in [2.45, 2.75) is 11.8 Å². The summed E-state index contributed by atoms with van der Waals surface area (Å²) in [5, 5.41) is 0. The Morgan fingerprint density at radius 3 is 2.80 bits per heavy atom. The molecule has 1 nitrogen and oxygen atoms in total. The number of allylic oxidation sites excluding steroid dienone is 3. The molecule has 1 unspecified atom stereocenters. The van der Waals surface area contributed by atoms with Crippen LogP contribution in [0.2, 0.25) is 0 Å². The summed E-state index contributed by atoms with van der Waals surface area (Å²) in [4.78, 5) is 0. The fourth-order valence-electron chi connectivity index (χ4n) is 1.95. The van der Waals surface area contributed by atoms with E-state index in [1.54, 1.807) is 12.1 Å². The Morgan fingerprint density at radius 1 is 1.33 bits per heavy atom. The number of halogens is 1. The van der Waals surface area contributed by atoms with E-state index in [0.29, 0.717) is 6.54 Å².